The maximum atomic E-state index is 12.3. The molecule has 1 saturated heterocycles. The van der Waals surface area contributed by atoms with Crippen molar-refractivity contribution in [3.8, 4) is 0 Å². The molecule has 0 aromatic carbocycles. The van der Waals surface area contributed by atoms with Gasteiger partial charge in [0.1, 0.15) is 0 Å². The summed E-state index contributed by atoms with van der Waals surface area (Å²) in [6.07, 6.45) is 4.62. The average Bonchev–Trinajstić information content (AvgIpc) is 2.34. The number of amides is 1. The van der Waals surface area contributed by atoms with Crippen molar-refractivity contribution in [2.24, 2.45) is 5.92 Å². The number of sulfonamides is 1. The van der Waals surface area contributed by atoms with Crippen molar-refractivity contribution in [2.45, 2.75) is 44.1 Å². The predicted molar refractivity (Wildman–Crippen MR) is 76.1 cm³/mol. The van der Waals surface area contributed by atoms with E-state index in [9.17, 15) is 18.0 Å². The summed E-state index contributed by atoms with van der Waals surface area (Å²) < 4.78 is 24.5. The van der Waals surface area contributed by atoms with E-state index in [0.29, 0.717) is 32.2 Å². The minimum absolute atomic E-state index is 0.0682. The smallest absolute Gasteiger partial charge is 0.305 e. The van der Waals surface area contributed by atoms with E-state index in [1.54, 1.807) is 0 Å². The van der Waals surface area contributed by atoms with Gasteiger partial charge in [-0.15, -0.1) is 0 Å². The summed E-state index contributed by atoms with van der Waals surface area (Å²) in [5, 5.41) is 11.8. The van der Waals surface area contributed by atoms with Crippen molar-refractivity contribution in [1.29, 1.82) is 0 Å². The van der Waals surface area contributed by atoms with Crippen molar-refractivity contribution in [1.82, 2.24) is 9.62 Å². The topological polar surface area (TPSA) is 104 Å². The summed E-state index contributed by atoms with van der Waals surface area (Å²) >= 11 is 0. The third kappa shape index (κ3) is 3.94. The van der Waals surface area contributed by atoms with E-state index in [4.69, 9.17) is 5.11 Å². The lowest BCUT2D eigenvalue weighted by molar-refractivity contribution is -0.141. The van der Waals surface area contributed by atoms with Crippen LogP contribution >= 0.6 is 0 Å². The Morgan fingerprint density at radius 3 is 2.48 bits per heavy atom. The van der Waals surface area contributed by atoms with E-state index in [1.165, 1.54) is 4.31 Å². The SMILES string of the molecule is CS(=O)(=O)N1CCCC(C(=O)NC2(CC(=O)O)CCC2)C1. The van der Waals surface area contributed by atoms with Gasteiger partial charge in [-0.05, 0) is 32.1 Å². The summed E-state index contributed by atoms with van der Waals surface area (Å²) in [5.41, 5.74) is -0.629. The van der Waals surface area contributed by atoms with Gasteiger partial charge in [0.15, 0.2) is 0 Å². The number of carboxylic acids is 1. The molecule has 8 heteroatoms. The van der Waals surface area contributed by atoms with Crippen molar-refractivity contribution in [3.63, 3.8) is 0 Å². The Morgan fingerprint density at radius 2 is 2.00 bits per heavy atom. The van der Waals surface area contributed by atoms with Gasteiger partial charge in [-0.1, -0.05) is 0 Å². The first-order valence-electron chi connectivity index (χ1n) is 7.21. The monoisotopic (exact) mass is 318 g/mol. The molecular weight excluding hydrogens is 296 g/mol. The number of aliphatic carboxylic acids is 1. The molecule has 2 N–H and O–H groups in total. The molecule has 1 aliphatic carbocycles. The molecule has 0 aromatic heterocycles. The minimum Gasteiger partial charge on any atom is -0.481 e. The molecule has 1 heterocycles. The average molecular weight is 318 g/mol. The zero-order chi connectivity index (χ0) is 15.7. The van der Waals surface area contributed by atoms with Crippen LogP contribution in [0.25, 0.3) is 0 Å². The molecule has 7 nitrogen and oxygen atoms in total. The van der Waals surface area contributed by atoms with Crippen molar-refractivity contribution in [2.75, 3.05) is 19.3 Å². The van der Waals surface area contributed by atoms with Crippen LogP contribution in [0, 0.1) is 5.92 Å². The zero-order valence-corrected chi connectivity index (χ0v) is 13.0. The number of hydrogen-bond donors (Lipinski definition) is 2. The molecule has 2 aliphatic rings. The Bertz CT molecular complexity index is 527. The van der Waals surface area contributed by atoms with E-state index in [-0.39, 0.29) is 24.8 Å². The van der Waals surface area contributed by atoms with Crippen LogP contribution in [-0.2, 0) is 19.6 Å². The summed E-state index contributed by atoms with van der Waals surface area (Å²) in [6, 6.07) is 0. The second-order valence-corrected chi connectivity index (χ2v) is 8.14. The standard InChI is InChI=1S/C13H22N2O5S/c1-21(19,20)15-7-2-4-10(9-15)12(18)14-13(5-3-6-13)8-11(16)17/h10H,2-9H2,1H3,(H,14,18)(H,16,17). The lowest BCUT2D eigenvalue weighted by atomic mass is 9.74. The molecule has 1 atom stereocenters. The maximum Gasteiger partial charge on any atom is 0.305 e. The number of piperidine rings is 1. The van der Waals surface area contributed by atoms with Crippen LogP contribution in [0.1, 0.15) is 38.5 Å². The quantitative estimate of drug-likeness (QED) is 0.752. The first-order valence-corrected chi connectivity index (χ1v) is 9.06. The lowest BCUT2D eigenvalue weighted by Gasteiger charge is -2.43. The molecule has 0 radical (unpaired) electrons. The molecule has 0 bridgehead atoms. The molecule has 21 heavy (non-hydrogen) atoms. The van der Waals surface area contributed by atoms with E-state index < -0.39 is 21.5 Å². The third-order valence-corrected chi connectivity index (χ3v) is 5.68. The van der Waals surface area contributed by atoms with Crippen LogP contribution in [0.15, 0.2) is 0 Å². The van der Waals surface area contributed by atoms with E-state index in [2.05, 4.69) is 5.32 Å². The van der Waals surface area contributed by atoms with Crippen molar-refractivity contribution >= 4 is 21.9 Å². The van der Waals surface area contributed by atoms with E-state index in [0.717, 1.165) is 12.7 Å². The molecule has 2 fully saturated rings. The summed E-state index contributed by atoms with van der Waals surface area (Å²) in [7, 11) is -3.29. The number of hydrogen-bond acceptors (Lipinski definition) is 4. The highest BCUT2D eigenvalue weighted by atomic mass is 32.2. The van der Waals surface area contributed by atoms with Crippen LogP contribution in [-0.4, -0.2) is 54.6 Å². The fraction of sp³-hybridized carbons (Fsp3) is 0.846. The molecular formula is C13H22N2O5S. The normalized spacial score (nSPS) is 25.9. The first kappa shape index (κ1) is 16.2. The molecule has 0 spiro atoms. The number of nitrogens with one attached hydrogen (secondary N) is 1. The molecule has 2 rings (SSSR count). The second kappa shape index (κ2) is 5.92. The minimum atomic E-state index is -3.29. The summed E-state index contributed by atoms with van der Waals surface area (Å²) in [4.78, 5) is 23.2. The molecule has 1 unspecified atom stereocenters. The van der Waals surface area contributed by atoms with Crippen LogP contribution < -0.4 is 5.32 Å². The van der Waals surface area contributed by atoms with Gasteiger partial charge in [-0.3, -0.25) is 9.59 Å². The zero-order valence-electron chi connectivity index (χ0n) is 12.2. The van der Waals surface area contributed by atoms with Gasteiger partial charge in [0.25, 0.3) is 0 Å². The Morgan fingerprint density at radius 1 is 1.33 bits per heavy atom. The number of carbonyl (C=O) groups is 2. The Labute approximate surface area is 124 Å². The van der Waals surface area contributed by atoms with Gasteiger partial charge in [-0.2, -0.15) is 0 Å². The largest absolute Gasteiger partial charge is 0.481 e. The summed E-state index contributed by atoms with van der Waals surface area (Å²) in [6.45, 7) is 0.636. The highest BCUT2D eigenvalue weighted by Gasteiger charge is 2.42. The van der Waals surface area contributed by atoms with E-state index >= 15 is 0 Å². The maximum absolute atomic E-state index is 12.3. The molecule has 1 saturated carbocycles. The second-order valence-electron chi connectivity index (χ2n) is 6.15. The van der Waals surface area contributed by atoms with Gasteiger partial charge in [0.2, 0.25) is 15.9 Å². The van der Waals surface area contributed by atoms with Crippen molar-refractivity contribution < 1.29 is 23.1 Å². The van der Waals surface area contributed by atoms with Gasteiger partial charge >= 0.3 is 5.97 Å². The fourth-order valence-electron chi connectivity index (χ4n) is 3.06. The summed E-state index contributed by atoms with van der Waals surface area (Å²) in [5.74, 6) is -1.53. The van der Waals surface area contributed by atoms with Crippen LogP contribution in [0.4, 0.5) is 0 Å². The van der Waals surface area contributed by atoms with Gasteiger partial charge in [0.05, 0.1) is 24.1 Å². The fourth-order valence-corrected chi connectivity index (χ4v) is 3.97. The van der Waals surface area contributed by atoms with Crippen LogP contribution in [0.3, 0.4) is 0 Å². The Kier molecular flexibility index (Phi) is 4.57. The van der Waals surface area contributed by atoms with Crippen LogP contribution in [0.2, 0.25) is 0 Å². The number of nitrogens with zero attached hydrogens (tertiary/aromatic N) is 1. The number of rotatable bonds is 5. The highest BCUT2D eigenvalue weighted by Crippen LogP contribution is 2.35. The van der Waals surface area contributed by atoms with Crippen LogP contribution in [0.5, 0.6) is 0 Å². The predicted octanol–water partition coefficient (Wildman–Crippen LogP) is 0.172. The molecule has 0 aromatic rings. The molecule has 120 valence electrons. The van der Waals surface area contributed by atoms with Gasteiger partial charge < -0.3 is 10.4 Å². The molecule has 1 amide bonds. The number of carboxylic acid groups (broad SMARTS) is 1. The molecule has 1 aliphatic heterocycles. The Balaban J connectivity index is 1.98. The van der Waals surface area contributed by atoms with Crippen molar-refractivity contribution in [3.05, 3.63) is 0 Å². The first-order chi connectivity index (χ1) is 9.72. The van der Waals surface area contributed by atoms with Gasteiger partial charge in [0, 0.05) is 13.1 Å². The van der Waals surface area contributed by atoms with E-state index in [1.807, 2.05) is 0 Å². The third-order valence-electron chi connectivity index (χ3n) is 4.41. The highest BCUT2D eigenvalue weighted by molar-refractivity contribution is 7.88. The Hall–Kier alpha value is -1.15. The lowest BCUT2D eigenvalue weighted by Crippen LogP contribution is -2.57. The van der Waals surface area contributed by atoms with Gasteiger partial charge in [-0.25, -0.2) is 12.7 Å². The number of carbonyl (C=O) groups excluding carboxylic acids is 1.